The maximum atomic E-state index is 13.1. The highest BCUT2D eigenvalue weighted by molar-refractivity contribution is 7.93. The molecule has 0 aliphatic carbocycles. The Morgan fingerprint density at radius 2 is 1.57 bits per heavy atom. The van der Waals surface area contributed by atoms with Gasteiger partial charge in [0.1, 0.15) is 10.7 Å². The van der Waals surface area contributed by atoms with Crippen molar-refractivity contribution in [3.05, 3.63) is 54.3 Å². The number of rotatable bonds is 4. The van der Waals surface area contributed by atoms with Gasteiger partial charge in [0.25, 0.3) is 10.0 Å². The van der Waals surface area contributed by atoms with Gasteiger partial charge in [-0.25, -0.2) is 12.8 Å². The van der Waals surface area contributed by atoms with Crippen molar-refractivity contribution >= 4 is 25.9 Å². The molecule has 2 aromatic rings. The maximum absolute atomic E-state index is 13.1. The first-order valence-corrected chi connectivity index (χ1v) is 8.39. The lowest BCUT2D eigenvalue weighted by molar-refractivity contribution is 0.552. The third-order valence-corrected chi connectivity index (χ3v) is 4.74. The zero-order valence-corrected chi connectivity index (χ0v) is 12.0. The summed E-state index contributed by atoms with van der Waals surface area (Å²) in [7, 11) is -9.34. The second-order valence-corrected chi connectivity index (χ2v) is 6.99. The van der Waals surface area contributed by atoms with Crippen LogP contribution in [0.1, 0.15) is 0 Å². The number of nitrogens with one attached hydrogen (secondary N) is 1. The molecule has 2 rings (SSSR count). The molecule has 112 valence electrons. The van der Waals surface area contributed by atoms with Crippen molar-refractivity contribution in [1.29, 1.82) is 0 Å². The van der Waals surface area contributed by atoms with Gasteiger partial charge in [-0.2, -0.15) is 8.42 Å². The predicted molar refractivity (Wildman–Crippen MR) is 71.9 cm³/mol. The third-order valence-electron chi connectivity index (χ3n) is 2.50. The SMILES string of the molecule is O=S(=O)(F)c1ccccc1NS(=O)(=O)c1cccc(F)c1. The van der Waals surface area contributed by atoms with E-state index in [2.05, 4.69) is 0 Å². The number of sulfonamides is 1. The fourth-order valence-corrected chi connectivity index (χ4v) is 3.40. The van der Waals surface area contributed by atoms with E-state index in [1.54, 1.807) is 0 Å². The number of anilines is 1. The molecule has 2 aromatic carbocycles. The molecule has 0 aliphatic rings. The van der Waals surface area contributed by atoms with Crippen molar-refractivity contribution in [3.63, 3.8) is 0 Å². The van der Waals surface area contributed by atoms with Gasteiger partial charge in [0.15, 0.2) is 0 Å². The average Bonchev–Trinajstić information content (AvgIpc) is 2.37. The van der Waals surface area contributed by atoms with E-state index in [9.17, 15) is 25.1 Å². The molecule has 5 nitrogen and oxygen atoms in total. The van der Waals surface area contributed by atoms with Crippen molar-refractivity contribution in [2.75, 3.05) is 4.72 Å². The van der Waals surface area contributed by atoms with E-state index < -0.39 is 41.5 Å². The van der Waals surface area contributed by atoms with Gasteiger partial charge in [-0.15, -0.1) is 3.89 Å². The zero-order valence-electron chi connectivity index (χ0n) is 10.3. The Morgan fingerprint density at radius 3 is 2.19 bits per heavy atom. The van der Waals surface area contributed by atoms with Crippen LogP contribution in [-0.4, -0.2) is 16.8 Å². The number of para-hydroxylation sites is 1. The minimum Gasteiger partial charge on any atom is -0.278 e. The van der Waals surface area contributed by atoms with E-state index in [4.69, 9.17) is 0 Å². The highest BCUT2D eigenvalue weighted by atomic mass is 32.3. The summed E-state index contributed by atoms with van der Waals surface area (Å²) < 4.78 is 74.1. The standard InChI is InChI=1S/C12H9F2NO4S2/c13-9-4-3-5-10(8-9)21(18,19)15-11-6-1-2-7-12(11)20(14,16)17/h1-8,15H. The van der Waals surface area contributed by atoms with E-state index in [0.29, 0.717) is 0 Å². The molecule has 0 heterocycles. The van der Waals surface area contributed by atoms with Gasteiger partial charge in [-0.05, 0) is 30.3 Å². The molecule has 9 heteroatoms. The first-order chi connectivity index (χ1) is 9.70. The highest BCUT2D eigenvalue weighted by Crippen LogP contribution is 2.25. The van der Waals surface area contributed by atoms with E-state index >= 15 is 0 Å². The number of hydrogen-bond donors (Lipinski definition) is 1. The summed E-state index contributed by atoms with van der Waals surface area (Å²) in [5.41, 5.74) is -0.454. The molecule has 0 unspecified atom stereocenters. The van der Waals surface area contributed by atoms with E-state index in [1.807, 2.05) is 4.72 Å². The molecule has 0 spiro atoms. The van der Waals surface area contributed by atoms with E-state index in [1.165, 1.54) is 18.2 Å². The third kappa shape index (κ3) is 3.56. The Bertz CT molecular complexity index is 880. The molecule has 0 bridgehead atoms. The molecular formula is C12H9F2NO4S2. The lowest BCUT2D eigenvalue weighted by atomic mass is 10.3. The van der Waals surface area contributed by atoms with Crippen molar-refractivity contribution in [2.45, 2.75) is 9.79 Å². The molecule has 0 aromatic heterocycles. The summed E-state index contributed by atoms with van der Waals surface area (Å²) in [6.45, 7) is 0. The van der Waals surface area contributed by atoms with Crippen LogP contribution in [0.3, 0.4) is 0 Å². The van der Waals surface area contributed by atoms with Gasteiger partial charge in [-0.3, -0.25) is 4.72 Å². The van der Waals surface area contributed by atoms with Crippen LogP contribution in [0.4, 0.5) is 14.0 Å². The molecular weight excluding hydrogens is 324 g/mol. The summed E-state index contributed by atoms with van der Waals surface area (Å²) in [6, 6.07) is 8.69. The fraction of sp³-hybridized carbons (Fsp3) is 0. The quantitative estimate of drug-likeness (QED) is 0.871. The van der Waals surface area contributed by atoms with Crippen LogP contribution in [0, 0.1) is 5.82 Å². The lowest BCUT2D eigenvalue weighted by Crippen LogP contribution is -2.15. The van der Waals surface area contributed by atoms with Crippen LogP contribution in [-0.2, 0) is 20.2 Å². The molecule has 1 N–H and O–H groups in total. The van der Waals surface area contributed by atoms with Crippen LogP contribution < -0.4 is 4.72 Å². The smallest absolute Gasteiger partial charge is 0.278 e. The van der Waals surface area contributed by atoms with Gasteiger partial charge < -0.3 is 0 Å². The summed E-state index contributed by atoms with van der Waals surface area (Å²) in [5, 5.41) is 0. The number of hydrogen-bond acceptors (Lipinski definition) is 4. The first kappa shape index (κ1) is 15.4. The van der Waals surface area contributed by atoms with Crippen molar-refractivity contribution < 1.29 is 25.1 Å². The Labute approximate surface area is 120 Å². The molecule has 0 radical (unpaired) electrons. The first-order valence-electron chi connectivity index (χ1n) is 5.52. The van der Waals surface area contributed by atoms with Crippen LogP contribution in [0.5, 0.6) is 0 Å². The van der Waals surface area contributed by atoms with Gasteiger partial charge in [0, 0.05) is 0 Å². The van der Waals surface area contributed by atoms with E-state index in [0.717, 1.165) is 30.3 Å². The van der Waals surface area contributed by atoms with Gasteiger partial charge in [0.05, 0.1) is 10.6 Å². The Kier molecular flexibility index (Phi) is 3.97. The minimum atomic E-state index is -5.10. The van der Waals surface area contributed by atoms with Crippen molar-refractivity contribution in [1.82, 2.24) is 0 Å². The molecule has 0 atom stereocenters. The topological polar surface area (TPSA) is 80.3 Å². The maximum Gasteiger partial charge on any atom is 0.334 e. The largest absolute Gasteiger partial charge is 0.334 e. The van der Waals surface area contributed by atoms with Crippen LogP contribution >= 0.6 is 0 Å². The second kappa shape index (κ2) is 5.41. The molecule has 0 aliphatic heterocycles. The lowest BCUT2D eigenvalue weighted by Gasteiger charge is -2.10. The van der Waals surface area contributed by atoms with Crippen molar-refractivity contribution in [2.24, 2.45) is 0 Å². The average molecular weight is 333 g/mol. The summed E-state index contributed by atoms with van der Waals surface area (Å²) >= 11 is 0. The summed E-state index contributed by atoms with van der Waals surface area (Å²) in [4.78, 5) is -1.22. The minimum absolute atomic E-state index is 0.409. The number of benzene rings is 2. The zero-order chi connectivity index (χ0) is 15.7. The van der Waals surface area contributed by atoms with Gasteiger partial charge >= 0.3 is 10.2 Å². The predicted octanol–water partition coefficient (Wildman–Crippen LogP) is 2.28. The Hall–Kier alpha value is -2.00. The second-order valence-electron chi connectivity index (χ2n) is 4.00. The summed E-state index contributed by atoms with van der Waals surface area (Å²) in [5.74, 6) is -0.774. The molecule has 0 saturated carbocycles. The Balaban J connectivity index is 2.48. The molecule has 0 amide bonds. The van der Waals surface area contributed by atoms with E-state index in [-0.39, 0.29) is 0 Å². The van der Waals surface area contributed by atoms with Crippen LogP contribution in [0.25, 0.3) is 0 Å². The molecule has 0 saturated heterocycles. The fourth-order valence-electron chi connectivity index (χ4n) is 1.60. The van der Waals surface area contributed by atoms with Gasteiger partial charge in [0.2, 0.25) is 0 Å². The highest BCUT2D eigenvalue weighted by Gasteiger charge is 2.21. The number of halogens is 2. The normalized spacial score (nSPS) is 12.1. The van der Waals surface area contributed by atoms with Crippen LogP contribution in [0.15, 0.2) is 58.3 Å². The van der Waals surface area contributed by atoms with Crippen LogP contribution in [0.2, 0.25) is 0 Å². The Morgan fingerprint density at radius 1 is 0.905 bits per heavy atom. The monoisotopic (exact) mass is 333 g/mol. The van der Waals surface area contributed by atoms with Crippen molar-refractivity contribution in [3.8, 4) is 0 Å². The molecule has 0 fully saturated rings. The molecule has 21 heavy (non-hydrogen) atoms. The van der Waals surface area contributed by atoms with Gasteiger partial charge in [-0.1, -0.05) is 18.2 Å². The summed E-state index contributed by atoms with van der Waals surface area (Å²) in [6.07, 6.45) is 0.